The minimum atomic E-state index is -4.46. The smallest absolute Gasteiger partial charge is 0.342 e. The number of sulfone groups is 1. The molecule has 1 fully saturated rings. The number of anilines is 1. The number of hydrogen-bond donors (Lipinski definition) is 2. The minimum Gasteiger partial charge on any atom is -0.342 e. The van der Waals surface area contributed by atoms with E-state index < -0.39 is 44.7 Å². The molecule has 2 N–H and O–H groups in total. The van der Waals surface area contributed by atoms with E-state index >= 15 is 0 Å². The minimum absolute atomic E-state index is 0.162. The standard InChI is InChI=1S/C24H27F3N4O4S/c1-36(34,35)13-19(32)28-21-20-18(30-31(21)10-8-14-4-5-14)12-23(29-22(20)33)9-2-3-15-11-16(24(25,26)27)6-7-17(15)23/h6-7,11,14H,2-5,8-10,12-13H2,1H3,(H,28,32)(H,29,33)/t23-/m0/s1. The fourth-order valence-electron chi connectivity index (χ4n) is 5.36. The van der Waals surface area contributed by atoms with Gasteiger partial charge in [-0.15, -0.1) is 0 Å². The van der Waals surface area contributed by atoms with Crippen LogP contribution in [0.5, 0.6) is 0 Å². The van der Waals surface area contributed by atoms with Crippen LogP contribution in [0, 0.1) is 5.92 Å². The molecule has 1 saturated carbocycles. The summed E-state index contributed by atoms with van der Waals surface area (Å²) < 4.78 is 64.6. The molecule has 12 heteroatoms. The van der Waals surface area contributed by atoms with E-state index in [0.29, 0.717) is 48.5 Å². The Balaban J connectivity index is 1.51. The zero-order valence-electron chi connectivity index (χ0n) is 19.7. The monoisotopic (exact) mass is 524 g/mol. The Morgan fingerprint density at radius 2 is 2.06 bits per heavy atom. The number of hydrogen-bond acceptors (Lipinski definition) is 5. The summed E-state index contributed by atoms with van der Waals surface area (Å²) in [6.45, 7) is 0.456. The number of nitrogens with zero attached hydrogens (tertiary/aromatic N) is 2. The summed E-state index contributed by atoms with van der Waals surface area (Å²) in [5, 5.41) is 10.2. The van der Waals surface area contributed by atoms with Crippen molar-refractivity contribution in [2.24, 2.45) is 5.92 Å². The van der Waals surface area contributed by atoms with Crippen molar-refractivity contribution >= 4 is 27.5 Å². The van der Waals surface area contributed by atoms with Gasteiger partial charge in [-0.3, -0.25) is 9.59 Å². The third kappa shape index (κ3) is 4.87. The van der Waals surface area contributed by atoms with E-state index in [1.54, 1.807) is 4.68 Å². The van der Waals surface area contributed by atoms with Crippen LogP contribution in [-0.4, -0.2) is 42.0 Å². The highest BCUT2D eigenvalue weighted by Gasteiger charge is 2.46. The Labute approximate surface area is 206 Å². The molecule has 5 rings (SSSR count). The first-order valence-corrected chi connectivity index (χ1v) is 14.0. The van der Waals surface area contributed by atoms with E-state index in [0.717, 1.165) is 37.7 Å². The third-order valence-corrected chi connectivity index (χ3v) is 7.96. The summed E-state index contributed by atoms with van der Waals surface area (Å²) in [6, 6.07) is 3.64. The van der Waals surface area contributed by atoms with Gasteiger partial charge in [0.1, 0.15) is 17.1 Å². The molecule has 2 heterocycles. The van der Waals surface area contributed by atoms with E-state index in [1.165, 1.54) is 6.07 Å². The molecule has 2 amide bonds. The highest BCUT2D eigenvalue weighted by molar-refractivity contribution is 7.91. The number of aromatic nitrogens is 2. The molecule has 1 spiro atoms. The van der Waals surface area contributed by atoms with Crippen LogP contribution in [-0.2, 0) is 45.7 Å². The van der Waals surface area contributed by atoms with Crippen molar-refractivity contribution in [2.75, 3.05) is 17.3 Å². The van der Waals surface area contributed by atoms with E-state index in [1.807, 2.05) is 0 Å². The van der Waals surface area contributed by atoms with Crippen LogP contribution in [0.25, 0.3) is 0 Å². The van der Waals surface area contributed by atoms with Crippen LogP contribution >= 0.6 is 0 Å². The molecule has 0 unspecified atom stereocenters. The van der Waals surface area contributed by atoms with Gasteiger partial charge >= 0.3 is 6.18 Å². The maximum Gasteiger partial charge on any atom is 0.416 e. The lowest BCUT2D eigenvalue weighted by Crippen LogP contribution is -2.53. The summed E-state index contributed by atoms with van der Waals surface area (Å²) in [5.74, 6) is -1.26. The summed E-state index contributed by atoms with van der Waals surface area (Å²) in [4.78, 5) is 25.9. The maximum absolute atomic E-state index is 13.4. The van der Waals surface area contributed by atoms with Crippen LogP contribution in [0.15, 0.2) is 18.2 Å². The molecule has 0 saturated heterocycles. The lowest BCUT2D eigenvalue weighted by Gasteiger charge is -2.42. The second kappa shape index (κ2) is 8.60. The Bertz CT molecular complexity index is 1350. The number of carbonyl (C=O) groups is 2. The van der Waals surface area contributed by atoms with Gasteiger partial charge in [-0.05, 0) is 54.9 Å². The van der Waals surface area contributed by atoms with Crippen molar-refractivity contribution in [1.82, 2.24) is 15.1 Å². The number of halogens is 3. The Morgan fingerprint density at radius 1 is 1.31 bits per heavy atom. The van der Waals surface area contributed by atoms with E-state index in [-0.39, 0.29) is 17.8 Å². The first kappa shape index (κ1) is 24.8. The summed E-state index contributed by atoms with van der Waals surface area (Å²) >= 11 is 0. The number of fused-ring (bicyclic) bond motifs is 3. The molecule has 194 valence electrons. The lowest BCUT2D eigenvalue weighted by molar-refractivity contribution is -0.137. The van der Waals surface area contributed by atoms with Crippen LogP contribution < -0.4 is 10.6 Å². The highest BCUT2D eigenvalue weighted by atomic mass is 32.2. The first-order valence-electron chi connectivity index (χ1n) is 11.9. The van der Waals surface area contributed by atoms with Crippen LogP contribution in [0.4, 0.5) is 19.0 Å². The third-order valence-electron chi connectivity index (χ3n) is 7.17. The van der Waals surface area contributed by atoms with Crippen molar-refractivity contribution in [2.45, 2.75) is 63.2 Å². The summed E-state index contributed by atoms with van der Waals surface area (Å²) in [6.07, 6.45) is 1.41. The number of nitrogens with one attached hydrogen (secondary N) is 2. The zero-order valence-corrected chi connectivity index (χ0v) is 20.6. The highest BCUT2D eigenvalue weighted by Crippen LogP contribution is 2.44. The number of aryl methyl sites for hydroxylation is 2. The van der Waals surface area contributed by atoms with Gasteiger partial charge in [0.2, 0.25) is 5.91 Å². The molecule has 1 aromatic heterocycles. The molecule has 2 aliphatic carbocycles. The molecule has 36 heavy (non-hydrogen) atoms. The van der Waals surface area contributed by atoms with Crippen molar-refractivity contribution < 1.29 is 31.2 Å². The summed E-state index contributed by atoms with van der Waals surface area (Å²) in [5.41, 5.74) is 0.201. The predicted molar refractivity (Wildman–Crippen MR) is 125 cm³/mol. The van der Waals surface area contributed by atoms with Crippen LogP contribution in [0.2, 0.25) is 0 Å². The van der Waals surface area contributed by atoms with Gasteiger partial charge in [0.15, 0.2) is 9.84 Å². The second-order valence-electron chi connectivity index (χ2n) is 10.2. The number of rotatable bonds is 6. The van der Waals surface area contributed by atoms with Crippen molar-refractivity contribution in [3.8, 4) is 0 Å². The molecular weight excluding hydrogens is 497 g/mol. The molecule has 1 atom stereocenters. The van der Waals surface area contributed by atoms with E-state index in [2.05, 4.69) is 15.7 Å². The number of carbonyl (C=O) groups excluding carboxylic acids is 2. The number of benzene rings is 1. The Morgan fingerprint density at radius 3 is 2.72 bits per heavy atom. The van der Waals surface area contributed by atoms with Gasteiger partial charge in [-0.1, -0.05) is 18.9 Å². The van der Waals surface area contributed by atoms with E-state index in [9.17, 15) is 31.2 Å². The molecule has 3 aliphatic rings. The topological polar surface area (TPSA) is 110 Å². The van der Waals surface area contributed by atoms with E-state index in [4.69, 9.17) is 0 Å². The fourth-order valence-corrected chi connectivity index (χ4v) is 5.91. The zero-order chi connectivity index (χ0) is 25.9. The first-order chi connectivity index (χ1) is 16.8. The molecule has 0 radical (unpaired) electrons. The average molecular weight is 525 g/mol. The molecule has 8 nitrogen and oxygen atoms in total. The SMILES string of the molecule is CS(=O)(=O)CC(=O)Nc1c2c(nn1CCC1CC1)C[C@]1(CCCc3cc(C(F)(F)F)ccc31)NC2=O. The van der Waals surface area contributed by atoms with Crippen LogP contribution in [0.3, 0.4) is 0 Å². The van der Waals surface area contributed by atoms with Gasteiger partial charge in [-0.2, -0.15) is 18.3 Å². The number of alkyl halides is 3. The normalized spacial score (nSPS) is 21.6. The van der Waals surface area contributed by atoms with Crippen LogP contribution in [0.1, 0.15) is 64.8 Å². The fraction of sp³-hybridized carbons (Fsp3) is 0.542. The molecular formula is C24H27F3N4O4S. The Kier molecular flexibility index (Phi) is 5.92. The Hall–Kier alpha value is -2.89. The van der Waals surface area contributed by atoms with Crippen molar-refractivity contribution in [3.63, 3.8) is 0 Å². The van der Waals surface area contributed by atoms with Gasteiger partial charge < -0.3 is 10.6 Å². The largest absolute Gasteiger partial charge is 0.416 e. The lowest BCUT2D eigenvalue weighted by atomic mass is 9.71. The number of amides is 2. The maximum atomic E-state index is 13.4. The van der Waals surface area contributed by atoms with Crippen molar-refractivity contribution in [1.29, 1.82) is 0 Å². The quantitative estimate of drug-likeness (QED) is 0.603. The summed E-state index contributed by atoms with van der Waals surface area (Å²) in [7, 11) is -3.58. The second-order valence-corrected chi connectivity index (χ2v) is 12.3. The average Bonchev–Trinajstić information content (AvgIpc) is 3.52. The van der Waals surface area contributed by atoms with Gasteiger partial charge in [0.25, 0.3) is 5.91 Å². The van der Waals surface area contributed by atoms with Gasteiger partial charge in [-0.25, -0.2) is 13.1 Å². The van der Waals surface area contributed by atoms with Crippen molar-refractivity contribution in [3.05, 3.63) is 46.1 Å². The van der Waals surface area contributed by atoms with Gasteiger partial charge in [0.05, 0.1) is 16.8 Å². The molecule has 1 aliphatic heterocycles. The molecule has 2 aromatic rings. The van der Waals surface area contributed by atoms with Gasteiger partial charge in [0, 0.05) is 19.2 Å². The molecule has 0 bridgehead atoms. The molecule has 1 aromatic carbocycles. The predicted octanol–water partition coefficient (Wildman–Crippen LogP) is 3.20.